The molecule has 0 saturated heterocycles. The number of unbranched alkanes of at least 4 members (excludes halogenated alkanes) is 1. The quantitative estimate of drug-likeness (QED) is 0.404. The van der Waals surface area contributed by atoms with Crippen LogP contribution >= 0.6 is 0 Å². The van der Waals surface area contributed by atoms with Crippen LogP contribution in [-0.2, 0) is 0 Å². The van der Waals surface area contributed by atoms with E-state index in [1.807, 2.05) is 0 Å². The topological polar surface area (TPSA) is 205 Å². The molecule has 0 amide bonds. The summed E-state index contributed by atoms with van der Waals surface area (Å²) in [6, 6.07) is 0. The van der Waals surface area contributed by atoms with Gasteiger partial charge in [-0.25, -0.2) is 0 Å². The first-order chi connectivity index (χ1) is 10.0. The molecule has 0 aromatic heterocycles. The first kappa shape index (κ1) is 29.3. The molecule has 0 atom stereocenters. The average Bonchev–Trinajstić information content (AvgIpc) is 2.70. The van der Waals surface area contributed by atoms with Crippen LogP contribution in [0.2, 0.25) is 0 Å². The molecule has 14 nitrogen and oxygen atoms in total. The molecule has 0 unspecified atom stereocenters. The van der Waals surface area contributed by atoms with E-state index < -0.39 is 15.3 Å². The maximum atomic E-state index is 8.25. The summed E-state index contributed by atoms with van der Waals surface area (Å²) < 4.78 is 0. The van der Waals surface area contributed by atoms with Gasteiger partial charge in [-0.3, -0.25) is 0 Å². The maximum Gasteiger partial charge on any atom is 3.00 e. The monoisotopic (exact) mass is 484 g/mol. The molecule has 1 aliphatic rings. The Morgan fingerprint density at radius 3 is 1.48 bits per heavy atom. The van der Waals surface area contributed by atoms with Crippen LogP contribution in [-0.4, -0.2) is 45.3 Å². The standard InChI is InChI=1S/C8H16N2.Gd.3NO3/c1-3-4-5-10-7-6-9(2)8-10;;3*2-1(3)4/h6-7H,3-5,8H2,1-2H3;;;;/q;+3;3*-1. The van der Waals surface area contributed by atoms with Gasteiger partial charge in [0.05, 0.1) is 21.9 Å². The Morgan fingerprint density at radius 2 is 1.26 bits per heavy atom. The van der Waals surface area contributed by atoms with Crippen molar-refractivity contribution in [1.82, 2.24) is 9.80 Å². The SMILES string of the molecule is CCCCN1C=CN(C)C1.O=[N+]([O-])[O-].O=[N+]([O-])[O-].O=[N+]([O-])[O-].[Gd+3]. The first-order valence-corrected chi connectivity index (χ1v) is 5.60. The van der Waals surface area contributed by atoms with E-state index in [2.05, 4.69) is 36.2 Å². The molecule has 135 valence electrons. The van der Waals surface area contributed by atoms with Gasteiger partial charge in [0.1, 0.15) is 0 Å². The van der Waals surface area contributed by atoms with Gasteiger partial charge in [0, 0.05) is 26.0 Å². The number of nitrogens with zero attached hydrogens (tertiary/aromatic N) is 5. The molecule has 1 rings (SSSR count). The van der Waals surface area contributed by atoms with Gasteiger partial charge in [0.2, 0.25) is 0 Å². The van der Waals surface area contributed by atoms with Crippen LogP contribution in [0.5, 0.6) is 0 Å². The van der Waals surface area contributed by atoms with Gasteiger partial charge in [0.25, 0.3) is 0 Å². The summed E-state index contributed by atoms with van der Waals surface area (Å²) in [4.78, 5) is 29.3. The molecule has 0 aromatic rings. The van der Waals surface area contributed by atoms with Crippen molar-refractivity contribution in [3.63, 3.8) is 0 Å². The normalized spacial score (nSPS) is 10.5. The molecular weight excluding hydrogens is 467 g/mol. The minimum atomic E-state index is -1.75. The fraction of sp³-hybridized carbons (Fsp3) is 0.750. The van der Waals surface area contributed by atoms with Crippen molar-refractivity contribution < 1.29 is 55.2 Å². The minimum absolute atomic E-state index is 0. The molecule has 0 N–H and O–H groups in total. The molecule has 0 spiro atoms. The average molecular weight is 483 g/mol. The smallest absolute Gasteiger partial charge is 0.362 e. The Morgan fingerprint density at radius 1 is 0.913 bits per heavy atom. The maximum absolute atomic E-state index is 8.25. The van der Waals surface area contributed by atoms with Crippen molar-refractivity contribution >= 4 is 0 Å². The minimum Gasteiger partial charge on any atom is -0.362 e. The molecule has 0 aromatic carbocycles. The second-order valence-corrected chi connectivity index (χ2v) is 3.53. The van der Waals surface area contributed by atoms with Gasteiger partial charge in [-0.2, -0.15) is 0 Å². The van der Waals surface area contributed by atoms with Crippen LogP contribution in [0.25, 0.3) is 0 Å². The molecule has 15 heteroatoms. The summed E-state index contributed by atoms with van der Waals surface area (Å²) in [5.41, 5.74) is 0. The third kappa shape index (κ3) is 53.3. The van der Waals surface area contributed by atoms with E-state index in [-0.39, 0.29) is 39.9 Å². The summed E-state index contributed by atoms with van der Waals surface area (Å²) in [6.07, 6.45) is 6.87. The Hall–Kier alpha value is -1.74. The number of hydrogen-bond acceptors (Lipinski definition) is 11. The van der Waals surface area contributed by atoms with Gasteiger partial charge >= 0.3 is 39.9 Å². The summed E-state index contributed by atoms with van der Waals surface area (Å²) in [5.74, 6) is 0. The van der Waals surface area contributed by atoms with Gasteiger partial charge in [-0.15, -0.1) is 0 Å². The van der Waals surface area contributed by atoms with Crippen molar-refractivity contribution in [2.75, 3.05) is 20.3 Å². The van der Waals surface area contributed by atoms with E-state index in [1.165, 1.54) is 19.4 Å². The van der Waals surface area contributed by atoms with Crippen LogP contribution in [0.15, 0.2) is 12.4 Å². The zero-order valence-corrected chi connectivity index (χ0v) is 14.5. The number of rotatable bonds is 3. The van der Waals surface area contributed by atoms with Gasteiger partial charge < -0.3 is 55.8 Å². The molecule has 1 aliphatic heterocycles. The van der Waals surface area contributed by atoms with Crippen molar-refractivity contribution in [2.24, 2.45) is 0 Å². The molecule has 0 bridgehead atoms. The van der Waals surface area contributed by atoms with E-state index in [1.54, 1.807) is 0 Å². The van der Waals surface area contributed by atoms with Crippen LogP contribution in [0.4, 0.5) is 0 Å². The van der Waals surface area contributed by atoms with Gasteiger partial charge in [-0.05, 0) is 6.42 Å². The van der Waals surface area contributed by atoms with E-state index in [9.17, 15) is 0 Å². The largest absolute Gasteiger partial charge is 3.00 e. The second-order valence-electron chi connectivity index (χ2n) is 3.53. The summed E-state index contributed by atoms with van der Waals surface area (Å²) in [7, 11) is 2.10. The van der Waals surface area contributed by atoms with Crippen LogP contribution in [0, 0.1) is 85.9 Å². The first-order valence-electron chi connectivity index (χ1n) is 5.60. The molecule has 0 saturated carbocycles. The molecule has 1 heterocycles. The zero-order valence-electron chi connectivity index (χ0n) is 12.2. The van der Waals surface area contributed by atoms with E-state index in [4.69, 9.17) is 46.0 Å². The molecule has 0 fully saturated rings. The summed E-state index contributed by atoms with van der Waals surface area (Å²) in [5, 5.41) is 44.2. The van der Waals surface area contributed by atoms with E-state index in [0.717, 1.165) is 6.67 Å². The molecule has 1 radical (unpaired) electrons. The Balaban J connectivity index is -0.000000118. The Kier molecular flexibility index (Phi) is 25.8. The Labute approximate surface area is 163 Å². The number of hydrogen-bond donors (Lipinski definition) is 0. The predicted molar refractivity (Wildman–Crippen MR) is 74.5 cm³/mol. The zero-order chi connectivity index (χ0) is 18.1. The summed E-state index contributed by atoms with van der Waals surface area (Å²) >= 11 is 0. The molecule has 23 heavy (non-hydrogen) atoms. The van der Waals surface area contributed by atoms with E-state index >= 15 is 0 Å². The third-order valence-corrected chi connectivity index (χ3v) is 1.74. The summed E-state index contributed by atoms with van der Waals surface area (Å²) in [6.45, 7) is 4.50. The van der Waals surface area contributed by atoms with Crippen molar-refractivity contribution in [3.8, 4) is 0 Å². The molecule has 0 aliphatic carbocycles. The Bertz CT molecular complexity index is 316. The van der Waals surface area contributed by atoms with Crippen molar-refractivity contribution in [1.29, 1.82) is 0 Å². The van der Waals surface area contributed by atoms with Crippen LogP contribution in [0.1, 0.15) is 19.8 Å². The fourth-order valence-corrected chi connectivity index (χ4v) is 1.10. The van der Waals surface area contributed by atoms with Crippen LogP contribution < -0.4 is 0 Å². The van der Waals surface area contributed by atoms with Crippen molar-refractivity contribution in [3.05, 3.63) is 58.4 Å². The van der Waals surface area contributed by atoms with Gasteiger partial charge in [0.15, 0.2) is 0 Å². The predicted octanol–water partition coefficient (Wildman–Crippen LogP) is 0.745. The fourth-order valence-electron chi connectivity index (χ4n) is 1.10. The molecular formula is C8H16GdN5O9. The van der Waals surface area contributed by atoms with Crippen molar-refractivity contribution in [2.45, 2.75) is 19.8 Å². The van der Waals surface area contributed by atoms with Gasteiger partial charge in [-0.1, -0.05) is 13.3 Å². The second kappa shape index (κ2) is 20.3. The van der Waals surface area contributed by atoms with Crippen LogP contribution in [0.3, 0.4) is 0 Å². The third-order valence-electron chi connectivity index (χ3n) is 1.74. The van der Waals surface area contributed by atoms with E-state index in [0.29, 0.717) is 0 Å².